The second-order valence-electron chi connectivity index (χ2n) is 5.26. The Hall–Kier alpha value is -0.120. The van der Waals surface area contributed by atoms with Crippen molar-refractivity contribution in [2.45, 2.75) is 46.6 Å². The molecule has 0 saturated heterocycles. The van der Waals surface area contributed by atoms with Gasteiger partial charge in [0.15, 0.2) is 0 Å². The first-order chi connectivity index (χ1) is 7.50. The number of hydrogen-bond donors (Lipinski definition) is 1. The van der Waals surface area contributed by atoms with Gasteiger partial charge in [0.05, 0.1) is 6.61 Å². The summed E-state index contributed by atoms with van der Waals surface area (Å²) >= 11 is 0. The Bertz CT molecular complexity index is 167. The molecule has 0 aliphatic carbocycles. The summed E-state index contributed by atoms with van der Waals surface area (Å²) in [5.74, 6) is 0. The molecule has 0 aliphatic rings. The molecule has 0 fully saturated rings. The fourth-order valence-corrected chi connectivity index (χ4v) is 2.00. The molecule has 0 spiro atoms. The lowest BCUT2D eigenvalue weighted by molar-refractivity contribution is 0.0548. The highest BCUT2D eigenvalue weighted by Crippen LogP contribution is 2.19. The number of hydrogen-bond acceptors (Lipinski definition) is 3. The number of rotatable bonds is 9. The molecule has 0 amide bonds. The molecule has 0 saturated carbocycles. The highest BCUT2D eigenvalue weighted by molar-refractivity contribution is 4.77. The van der Waals surface area contributed by atoms with Crippen LogP contribution in [-0.2, 0) is 4.74 Å². The van der Waals surface area contributed by atoms with Crippen molar-refractivity contribution in [3.63, 3.8) is 0 Å². The summed E-state index contributed by atoms with van der Waals surface area (Å²) < 4.78 is 5.16. The number of ether oxygens (including phenoxy) is 1. The van der Waals surface area contributed by atoms with Gasteiger partial charge in [0.25, 0.3) is 0 Å². The molecule has 3 nitrogen and oxygen atoms in total. The van der Waals surface area contributed by atoms with Crippen LogP contribution in [-0.4, -0.2) is 49.5 Å². The van der Waals surface area contributed by atoms with E-state index in [-0.39, 0.29) is 12.0 Å². The van der Waals surface area contributed by atoms with Crippen LogP contribution in [0.2, 0.25) is 0 Å². The van der Waals surface area contributed by atoms with Gasteiger partial charge in [-0.2, -0.15) is 0 Å². The van der Waals surface area contributed by atoms with Gasteiger partial charge in [0.2, 0.25) is 0 Å². The van der Waals surface area contributed by atoms with Crippen LogP contribution < -0.4 is 0 Å². The van der Waals surface area contributed by atoms with Gasteiger partial charge < -0.3 is 9.84 Å². The maximum Gasteiger partial charge on any atom is 0.0589 e. The summed E-state index contributed by atoms with van der Waals surface area (Å²) in [6.07, 6.45) is 2.31. The first-order valence-corrected chi connectivity index (χ1v) is 6.34. The molecule has 0 aromatic rings. The van der Waals surface area contributed by atoms with E-state index in [0.29, 0.717) is 6.04 Å². The fraction of sp³-hybridized carbons (Fsp3) is 1.00. The number of aliphatic hydroxyl groups is 1. The van der Waals surface area contributed by atoms with Gasteiger partial charge in [-0.1, -0.05) is 27.7 Å². The zero-order chi connectivity index (χ0) is 12.6. The van der Waals surface area contributed by atoms with E-state index < -0.39 is 0 Å². The number of nitrogens with zero attached hydrogens (tertiary/aromatic N) is 1. The van der Waals surface area contributed by atoms with Crippen LogP contribution in [0.25, 0.3) is 0 Å². The SMILES string of the molecule is CCC(CC)N(CCOC)CC(C)(C)CO. The van der Waals surface area contributed by atoms with Gasteiger partial charge >= 0.3 is 0 Å². The molecule has 0 aliphatic heterocycles. The van der Waals surface area contributed by atoms with Crippen molar-refractivity contribution in [2.75, 3.05) is 33.4 Å². The van der Waals surface area contributed by atoms with Gasteiger partial charge in [-0.3, -0.25) is 4.90 Å². The van der Waals surface area contributed by atoms with E-state index in [9.17, 15) is 5.11 Å². The Morgan fingerprint density at radius 3 is 2.19 bits per heavy atom. The lowest BCUT2D eigenvalue weighted by Crippen LogP contribution is -2.44. The topological polar surface area (TPSA) is 32.7 Å². The van der Waals surface area contributed by atoms with Crippen LogP contribution in [0.4, 0.5) is 0 Å². The Labute approximate surface area is 101 Å². The molecule has 0 heterocycles. The molecular formula is C13H29NO2. The quantitative estimate of drug-likeness (QED) is 0.660. The predicted molar refractivity (Wildman–Crippen MR) is 68.7 cm³/mol. The van der Waals surface area contributed by atoms with Crippen LogP contribution >= 0.6 is 0 Å². The smallest absolute Gasteiger partial charge is 0.0589 e. The molecule has 0 radical (unpaired) electrons. The average molecular weight is 231 g/mol. The van der Waals surface area contributed by atoms with E-state index >= 15 is 0 Å². The lowest BCUT2D eigenvalue weighted by atomic mass is 9.93. The van der Waals surface area contributed by atoms with Crippen LogP contribution in [0.3, 0.4) is 0 Å². The highest BCUT2D eigenvalue weighted by Gasteiger charge is 2.24. The molecule has 0 aromatic heterocycles. The van der Waals surface area contributed by atoms with Crippen molar-refractivity contribution in [3.05, 3.63) is 0 Å². The molecule has 0 aromatic carbocycles. The summed E-state index contributed by atoms with van der Waals surface area (Å²) in [5, 5.41) is 9.34. The van der Waals surface area contributed by atoms with E-state index in [0.717, 1.165) is 32.5 Å². The summed E-state index contributed by atoms with van der Waals surface area (Å²) in [5.41, 5.74) is -0.0314. The number of aliphatic hydroxyl groups excluding tert-OH is 1. The van der Waals surface area contributed by atoms with Gasteiger partial charge in [-0.25, -0.2) is 0 Å². The van der Waals surface area contributed by atoms with Crippen molar-refractivity contribution in [2.24, 2.45) is 5.41 Å². The van der Waals surface area contributed by atoms with E-state index in [1.165, 1.54) is 0 Å². The third kappa shape index (κ3) is 5.83. The summed E-state index contributed by atoms with van der Waals surface area (Å²) in [7, 11) is 1.74. The van der Waals surface area contributed by atoms with Crippen LogP contribution in [0.15, 0.2) is 0 Å². The molecule has 0 unspecified atom stereocenters. The highest BCUT2D eigenvalue weighted by atomic mass is 16.5. The first kappa shape index (κ1) is 15.9. The van der Waals surface area contributed by atoms with Gasteiger partial charge in [0, 0.05) is 38.3 Å². The number of methoxy groups -OCH3 is 1. The molecule has 0 rings (SSSR count). The Morgan fingerprint density at radius 2 is 1.81 bits per heavy atom. The van der Waals surface area contributed by atoms with E-state index in [4.69, 9.17) is 4.74 Å². The third-order valence-corrected chi connectivity index (χ3v) is 3.10. The third-order valence-electron chi connectivity index (χ3n) is 3.10. The summed E-state index contributed by atoms with van der Waals surface area (Å²) in [6.45, 7) is 11.5. The molecule has 16 heavy (non-hydrogen) atoms. The van der Waals surface area contributed by atoms with Crippen LogP contribution in [0.1, 0.15) is 40.5 Å². The molecule has 98 valence electrons. The maximum absolute atomic E-state index is 9.34. The van der Waals surface area contributed by atoms with Gasteiger partial charge in [-0.15, -0.1) is 0 Å². The molecule has 0 atom stereocenters. The summed E-state index contributed by atoms with van der Waals surface area (Å²) in [6, 6.07) is 0.598. The summed E-state index contributed by atoms with van der Waals surface area (Å²) in [4.78, 5) is 2.44. The zero-order valence-corrected chi connectivity index (χ0v) is 11.6. The first-order valence-electron chi connectivity index (χ1n) is 6.34. The minimum atomic E-state index is -0.0314. The minimum absolute atomic E-state index is 0.0314. The normalized spacial score (nSPS) is 12.8. The van der Waals surface area contributed by atoms with Gasteiger partial charge in [-0.05, 0) is 12.8 Å². The van der Waals surface area contributed by atoms with Crippen molar-refractivity contribution in [1.82, 2.24) is 4.90 Å². The minimum Gasteiger partial charge on any atom is -0.396 e. The average Bonchev–Trinajstić information content (AvgIpc) is 2.27. The Morgan fingerprint density at radius 1 is 1.25 bits per heavy atom. The van der Waals surface area contributed by atoms with Crippen LogP contribution in [0.5, 0.6) is 0 Å². The van der Waals surface area contributed by atoms with Gasteiger partial charge in [0.1, 0.15) is 0 Å². The lowest BCUT2D eigenvalue weighted by Gasteiger charge is -2.36. The van der Waals surface area contributed by atoms with Crippen molar-refractivity contribution < 1.29 is 9.84 Å². The van der Waals surface area contributed by atoms with Crippen molar-refractivity contribution in [3.8, 4) is 0 Å². The monoisotopic (exact) mass is 231 g/mol. The molecule has 3 heteroatoms. The standard InChI is InChI=1S/C13H29NO2/c1-6-12(7-2)14(8-9-16-5)10-13(3,4)11-15/h12,15H,6-11H2,1-5H3. The van der Waals surface area contributed by atoms with E-state index in [1.807, 2.05) is 0 Å². The second kappa shape index (κ2) is 8.04. The zero-order valence-electron chi connectivity index (χ0n) is 11.6. The maximum atomic E-state index is 9.34. The van der Waals surface area contributed by atoms with Crippen molar-refractivity contribution in [1.29, 1.82) is 0 Å². The largest absolute Gasteiger partial charge is 0.396 e. The molecular weight excluding hydrogens is 202 g/mol. The fourth-order valence-electron chi connectivity index (χ4n) is 2.00. The second-order valence-corrected chi connectivity index (χ2v) is 5.26. The predicted octanol–water partition coefficient (Wildman–Crippen LogP) is 2.14. The molecule has 0 bridgehead atoms. The van der Waals surface area contributed by atoms with E-state index in [1.54, 1.807) is 7.11 Å². The molecule has 1 N–H and O–H groups in total. The van der Waals surface area contributed by atoms with Crippen LogP contribution in [0, 0.1) is 5.41 Å². The Kier molecular flexibility index (Phi) is 7.98. The Balaban J connectivity index is 4.40. The van der Waals surface area contributed by atoms with E-state index in [2.05, 4.69) is 32.6 Å². The van der Waals surface area contributed by atoms with Crippen molar-refractivity contribution >= 4 is 0 Å².